The van der Waals surface area contributed by atoms with Gasteiger partial charge in [-0.05, 0) is 74.5 Å². The van der Waals surface area contributed by atoms with Crippen molar-refractivity contribution >= 4 is 35.1 Å². The third kappa shape index (κ3) is 6.99. The van der Waals surface area contributed by atoms with Crippen LogP contribution >= 0.6 is 23.2 Å². The van der Waals surface area contributed by atoms with Gasteiger partial charge in [-0.2, -0.15) is 0 Å². The average molecular weight is 663 g/mol. The number of carbonyl (C=O) groups excluding carboxylic acids is 1. The number of methoxy groups -OCH3 is 1. The fraction of sp³-hybridized carbons (Fsp3) is 0.441. The number of piperidine rings is 1. The number of rotatable bonds is 9. The quantitative estimate of drug-likeness (QED) is 0.177. The number of aromatic nitrogens is 5. The molecule has 0 amide bonds. The van der Waals surface area contributed by atoms with E-state index in [4.69, 9.17) is 42.6 Å². The van der Waals surface area contributed by atoms with Crippen molar-refractivity contribution in [3.63, 3.8) is 0 Å². The Bertz CT molecular complexity index is 1680. The van der Waals surface area contributed by atoms with E-state index in [0.717, 1.165) is 56.7 Å². The molecule has 5 heterocycles. The Balaban J connectivity index is 1.06. The van der Waals surface area contributed by atoms with Crippen molar-refractivity contribution in [2.75, 3.05) is 31.6 Å². The van der Waals surface area contributed by atoms with E-state index < -0.39 is 0 Å². The van der Waals surface area contributed by atoms with E-state index in [-0.39, 0.29) is 5.97 Å². The Morgan fingerprint density at radius 2 is 1.67 bits per heavy atom. The molecule has 0 atom stereocenters. The topological polar surface area (TPSA) is 98.5 Å². The number of carbonyl (C=O) groups is 1. The normalized spacial score (nSPS) is 17.4. The van der Waals surface area contributed by atoms with Gasteiger partial charge in [0.1, 0.15) is 5.82 Å². The summed E-state index contributed by atoms with van der Waals surface area (Å²) in [6, 6.07) is 9.40. The summed E-state index contributed by atoms with van der Waals surface area (Å²) in [5, 5.41) is 1.07. The third-order valence-corrected chi connectivity index (χ3v) is 9.76. The van der Waals surface area contributed by atoms with Crippen LogP contribution in [0.25, 0.3) is 11.3 Å². The SMILES string of the molecule is COC(=O)CC1CCN(Cc2cc(Oc3cnc(N4CCn5c(cnc5C5CCC5)C4)nc3)nc(-c3cc(Cl)cc(Cl)c3)c2)CC1. The maximum atomic E-state index is 11.7. The third-order valence-electron chi connectivity index (χ3n) is 9.32. The molecule has 4 aromatic rings. The van der Waals surface area contributed by atoms with Crippen LogP contribution in [0, 0.1) is 5.92 Å². The van der Waals surface area contributed by atoms with Crippen LogP contribution in [0.15, 0.2) is 48.9 Å². The molecule has 1 aliphatic carbocycles. The number of ether oxygens (including phenoxy) is 2. The zero-order valence-corrected chi connectivity index (χ0v) is 27.4. The lowest BCUT2D eigenvalue weighted by atomic mass is 9.85. The van der Waals surface area contributed by atoms with Crippen molar-refractivity contribution in [1.29, 1.82) is 0 Å². The number of nitrogens with zero attached hydrogens (tertiary/aromatic N) is 7. The monoisotopic (exact) mass is 661 g/mol. The molecule has 0 unspecified atom stereocenters. The Morgan fingerprint density at radius 1 is 0.913 bits per heavy atom. The minimum absolute atomic E-state index is 0.141. The summed E-state index contributed by atoms with van der Waals surface area (Å²) in [6.45, 7) is 4.96. The van der Waals surface area contributed by atoms with Crippen LogP contribution in [-0.4, -0.2) is 62.1 Å². The van der Waals surface area contributed by atoms with Crippen LogP contribution in [0.5, 0.6) is 11.6 Å². The minimum Gasteiger partial charge on any atom is -0.469 e. The fourth-order valence-electron chi connectivity index (χ4n) is 6.59. The molecule has 3 aliphatic rings. The van der Waals surface area contributed by atoms with Gasteiger partial charge in [-0.3, -0.25) is 9.69 Å². The maximum absolute atomic E-state index is 11.7. The van der Waals surface area contributed by atoms with Crippen LogP contribution in [0.4, 0.5) is 5.95 Å². The molecule has 2 aliphatic heterocycles. The van der Waals surface area contributed by atoms with E-state index in [1.54, 1.807) is 18.5 Å². The van der Waals surface area contributed by atoms with E-state index in [2.05, 4.69) is 24.3 Å². The molecule has 7 rings (SSSR count). The molecule has 12 heteroatoms. The number of fused-ring (bicyclic) bond motifs is 1. The van der Waals surface area contributed by atoms with Gasteiger partial charge >= 0.3 is 5.97 Å². The minimum atomic E-state index is -0.141. The van der Waals surface area contributed by atoms with Gasteiger partial charge in [-0.25, -0.2) is 19.9 Å². The summed E-state index contributed by atoms with van der Waals surface area (Å²) in [4.78, 5) is 35.2. The van der Waals surface area contributed by atoms with Crippen molar-refractivity contribution in [2.45, 2.75) is 64.1 Å². The van der Waals surface area contributed by atoms with Crippen LogP contribution in [0.2, 0.25) is 10.0 Å². The summed E-state index contributed by atoms with van der Waals surface area (Å²) in [7, 11) is 1.45. The lowest BCUT2D eigenvalue weighted by Gasteiger charge is -2.32. The zero-order chi connectivity index (χ0) is 31.6. The van der Waals surface area contributed by atoms with E-state index in [9.17, 15) is 4.79 Å². The Labute approximate surface area is 278 Å². The number of benzene rings is 1. The van der Waals surface area contributed by atoms with E-state index in [1.807, 2.05) is 30.5 Å². The lowest BCUT2D eigenvalue weighted by Crippen LogP contribution is -2.35. The van der Waals surface area contributed by atoms with Crippen LogP contribution in [-0.2, 0) is 29.2 Å². The second-order valence-electron chi connectivity index (χ2n) is 12.5. The summed E-state index contributed by atoms with van der Waals surface area (Å²) >= 11 is 12.7. The second-order valence-corrected chi connectivity index (χ2v) is 13.4. The Morgan fingerprint density at radius 3 is 2.37 bits per heavy atom. The van der Waals surface area contributed by atoms with Crippen molar-refractivity contribution in [3.05, 3.63) is 76.0 Å². The summed E-state index contributed by atoms with van der Waals surface area (Å²) in [5.41, 5.74) is 3.77. The standard InChI is InChI=1S/C34H37Cl2N7O3/c1-45-32(44)13-22-5-7-41(8-6-22)20-23-11-30(25-14-26(35)16-27(36)15-25)40-31(12-23)46-29-18-38-34(39-19-29)42-9-10-43-28(21-42)17-37-33(43)24-3-2-4-24/h11-12,14-19,22,24H,2-10,13,20-21H2,1H3. The summed E-state index contributed by atoms with van der Waals surface area (Å²) < 4.78 is 13.5. The number of halogens is 2. The first-order valence-corrected chi connectivity index (χ1v) is 16.7. The average Bonchev–Trinajstić information content (AvgIpc) is 3.43. The van der Waals surface area contributed by atoms with Crippen molar-refractivity contribution < 1.29 is 14.3 Å². The number of likely N-dealkylation sites (tertiary alicyclic amines) is 1. The van der Waals surface area contributed by atoms with Gasteiger partial charge in [-0.15, -0.1) is 0 Å². The summed E-state index contributed by atoms with van der Waals surface area (Å²) in [6.07, 6.45) is 11.6. The van der Waals surface area contributed by atoms with E-state index in [0.29, 0.717) is 58.1 Å². The first-order valence-electron chi connectivity index (χ1n) is 16.0. The highest BCUT2D eigenvalue weighted by atomic mass is 35.5. The predicted molar refractivity (Wildman–Crippen MR) is 176 cm³/mol. The van der Waals surface area contributed by atoms with Gasteiger partial charge < -0.3 is 18.9 Å². The molecule has 1 aromatic carbocycles. The van der Waals surface area contributed by atoms with Crippen molar-refractivity contribution in [3.8, 4) is 22.9 Å². The van der Waals surface area contributed by atoms with Crippen LogP contribution in [0.3, 0.4) is 0 Å². The molecule has 2 fully saturated rings. The van der Waals surface area contributed by atoms with Gasteiger partial charge in [0.25, 0.3) is 0 Å². The maximum Gasteiger partial charge on any atom is 0.305 e. The molecule has 3 aromatic heterocycles. The van der Waals surface area contributed by atoms with Crippen LogP contribution < -0.4 is 9.64 Å². The second kappa shape index (κ2) is 13.6. The number of hydrogen-bond acceptors (Lipinski definition) is 9. The zero-order valence-electron chi connectivity index (χ0n) is 25.9. The van der Waals surface area contributed by atoms with Crippen molar-refractivity contribution in [1.82, 2.24) is 29.4 Å². The number of hydrogen-bond donors (Lipinski definition) is 0. The highest BCUT2D eigenvalue weighted by Gasteiger charge is 2.28. The molecule has 0 spiro atoms. The van der Waals surface area contributed by atoms with E-state index >= 15 is 0 Å². The molecule has 1 saturated carbocycles. The smallest absolute Gasteiger partial charge is 0.305 e. The highest BCUT2D eigenvalue weighted by molar-refractivity contribution is 6.35. The predicted octanol–water partition coefficient (Wildman–Crippen LogP) is 6.90. The van der Waals surface area contributed by atoms with Gasteiger partial charge in [-0.1, -0.05) is 29.6 Å². The molecule has 0 N–H and O–H groups in total. The van der Waals surface area contributed by atoms with E-state index in [1.165, 1.54) is 37.9 Å². The Hall–Kier alpha value is -3.73. The lowest BCUT2D eigenvalue weighted by molar-refractivity contribution is -0.142. The van der Waals surface area contributed by atoms with Gasteiger partial charge in [0.15, 0.2) is 5.75 Å². The largest absolute Gasteiger partial charge is 0.469 e. The molecule has 46 heavy (non-hydrogen) atoms. The molecule has 0 radical (unpaired) electrons. The van der Waals surface area contributed by atoms with Gasteiger partial charge in [0.05, 0.1) is 43.6 Å². The Kier molecular flexibility index (Phi) is 9.10. The number of imidazole rings is 1. The number of esters is 1. The van der Waals surface area contributed by atoms with Gasteiger partial charge in [0, 0.05) is 53.6 Å². The summed E-state index contributed by atoms with van der Waals surface area (Å²) in [5.74, 6) is 3.66. The van der Waals surface area contributed by atoms with Crippen LogP contribution in [0.1, 0.15) is 61.5 Å². The number of pyridine rings is 1. The fourth-order valence-corrected chi connectivity index (χ4v) is 7.12. The molecule has 240 valence electrons. The molecule has 1 saturated heterocycles. The first-order chi connectivity index (χ1) is 22.4. The highest BCUT2D eigenvalue weighted by Crippen LogP contribution is 2.37. The van der Waals surface area contributed by atoms with Gasteiger partial charge in [0.2, 0.25) is 11.8 Å². The molecule has 0 bridgehead atoms. The molecule has 10 nitrogen and oxygen atoms in total. The van der Waals surface area contributed by atoms with Crippen molar-refractivity contribution in [2.24, 2.45) is 5.92 Å². The molecular formula is C34H37Cl2N7O3. The number of anilines is 1. The first kappa shape index (κ1) is 30.9. The molecular weight excluding hydrogens is 625 g/mol.